The molecule has 2 aromatic rings. The van der Waals surface area contributed by atoms with Crippen molar-refractivity contribution in [3.63, 3.8) is 0 Å². The van der Waals surface area contributed by atoms with Gasteiger partial charge in [-0.3, -0.25) is 4.79 Å². The van der Waals surface area contributed by atoms with E-state index < -0.39 is 13.6 Å². The van der Waals surface area contributed by atoms with E-state index in [1.165, 1.54) is 18.2 Å². The Balaban J connectivity index is 1.75. The first-order valence-corrected chi connectivity index (χ1v) is 11.4. The Kier molecular flexibility index (Phi) is 6.93. The Morgan fingerprint density at radius 3 is 2.52 bits per heavy atom. The molecule has 2 aromatic carbocycles. The van der Waals surface area contributed by atoms with Crippen LogP contribution in [-0.4, -0.2) is 45.6 Å². The lowest BCUT2D eigenvalue weighted by Crippen LogP contribution is -2.35. The molecule has 1 atom stereocenters. The van der Waals surface area contributed by atoms with E-state index >= 15 is 0 Å². The predicted octanol–water partition coefficient (Wildman–Crippen LogP) is 3.72. The molecule has 1 heterocycles. The first-order valence-electron chi connectivity index (χ1n) is 8.74. The van der Waals surface area contributed by atoms with Crippen LogP contribution >= 0.6 is 30.9 Å². The fourth-order valence-electron chi connectivity index (χ4n) is 2.83. The van der Waals surface area contributed by atoms with Gasteiger partial charge in [-0.15, -0.1) is 23.2 Å². The van der Waals surface area contributed by atoms with Gasteiger partial charge in [-0.2, -0.15) is 0 Å². The van der Waals surface area contributed by atoms with Crippen molar-refractivity contribution in [2.24, 2.45) is 0 Å². The highest BCUT2D eigenvalue weighted by Gasteiger charge is 2.36. The molecule has 1 unspecified atom stereocenters. The minimum Gasteiger partial charge on any atom is -0.504 e. The molecule has 29 heavy (non-hydrogen) atoms. The van der Waals surface area contributed by atoms with E-state index in [9.17, 15) is 19.6 Å². The van der Waals surface area contributed by atoms with Crippen LogP contribution in [0.1, 0.15) is 15.9 Å². The lowest BCUT2D eigenvalue weighted by Gasteiger charge is -2.34. The van der Waals surface area contributed by atoms with Crippen LogP contribution in [0.4, 0.5) is 5.69 Å². The number of alkyl halides is 2. The number of nitrogens with zero attached hydrogens (tertiary/aromatic N) is 1. The molecular formula is C18H20Cl2N3O5P. The molecule has 0 saturated carbocycles. The van der Waals surface area contributed by atoms with Crippen molar-refractivity contribution in [3.8, 4) is 17.2 Å². The van der Waals surface area contributed by atoms with E-state index in [-0.39, 0.29) is 35.4 Å². The van der Waals surface area contributed by atoms with Crippen LogP contribution in [0.3, 0.4) is 0 Å². The second-order valence-corrected chi connectivity index (χ2v) is 9.12. The molecule has 156 valence electrons. The number of hydrogen-bond donors (Lipinski definition) is 4. The van der Waals surface area contributed by atoms with Crippen molar-refractivity contribution in [2.45, 2.75) is 6.54 Å². The number of phenols is 2. The Bertz CT molecular complexity index is 953. The minimum absolute atomic E-state index is 0.190. The number of carbonyl (C=O) groups excluding carboxylic acids is 1. The SMILES string of the molecule is O=C(Nc1ccc2c(c1)CNP(=O)(N(CCCl)CCCl)O2)c1ccc(O)c(O)c1. The summed E-state index contributed by atoms with van der Waals surface area (Å²) in [5, 5.41) is 24.5. The van der Waals surface area contributed by atoms with Gasteiger partial charge < -0.3 is 20.1 Å². The van der Waals surface area contributed by atoms with Crippen molar-refractivity contribution in [1.29, 1.82) is 0 Å². The van der Waals surface area contributed by atoms with Gasteiger partial charge in [0.2, 0.25) is 0 Å². The van der Waals surface area contributed by atoms with Crippen LogP contribution in [-0.2, 0) is 11.1 Å². The van der Waals surface area contributed by atoms with E-state index in [1.54, 1.807) is 22.9 Å². The van der Waals surface area contributed by atoms with Crippen LogP contribution in [0.15, 0.2) is 36.4 Å². The van der Waals surface area contributed by atoms with Gasteiger partial charge in [-0.1, -0.05) is 0 Å². The number of amides is 1. The Morgan fingerprint density at radius 2 is 1.86 bits per heavy atom. The number of halogens is 2. The monoisotopic (exact) mass is 459 g/mol. The van der Waals surface area contributed by atoms with E-state index in [0.717, 1.165) is 5.56 Å². The standard InChI is InChI=1S/C18H20Cl2N3O5P/c19-5-7-23(8-6-20)29(27)21-11-13-9-14(2-4-17(13)28-29)22-18(26)12-1-3-15(24)16(25)10-12/h1-4,9-10,24-25H,5-8,11H2,(H,21,27)(H,22,26). The van der Waals surface area contributed by atoms with Crippen LogP contribution in [0.5, 0.6) is 17.2 Å². The fraction of sp³-hybridized carbons (Fsp3) is 0.278. The maximum absolute atomic E-state index is 13.1. The van der Waals surface area contributed by atoms with Crippen molar-refractivity contribution >= 4 is 42.5 Å². The van der Waals surface area contributed by atoms with Crippen LogP contribution < -0.4 is 14.9 Å². The second kappa shape index (κ2) is 9.24. The van der Waals surface area contributed by atoms with Crippen molar-refractivity contribution in [3.05, 3.63) is 47.5 Å². The maximum Gasteiger partial charge on any atom is 0.393 e. The molecule has 1 aliphatic heterocycles. The number of rotatable bonds is 7. The Hall–Kier alpha value is -1.96. The van der Waals surface area contributed by atoms with Crippen molar-refractivity contribution in [1.82, 2.24) is 9.76 Å². The van der Waals surface area contributed by atoms with Crippen LogP contribution in [0, 0.1) is 0 Å². The van der Waals surface area contributed by atoms with Gasteiger partial charge in [0.15, 0.2) is 11.5 Å². The number of phenolic OH excluding ortho intramolecular Hbond substituents is 2. The van der Waals surface area contributed by atoms with Gasteiger partial charge in [0.05, 0.1) is 0 Å². The fourth-order valence-corrected chi connectivity index (χ4v) is 5.40. The summed E-state index contributed by atoms with van der Waals surface area (Å²) < 4.78 is 20.5. The number of aromatic hydroxyl groups is 2. The highest BCUT2D eigenvalue weighted by Crippen LogP contribution is 2.51. The summed E-state index contributed by atoms with van der Waals surface area (Å²) in [5.41, 5.74) is 1.41. The lowest BCUT2D eigenvalue weighted by molar-refractivity contribution is 0.102. The van der Waals surface area contributed by atoms with Gasteiger partial charge in [-0.05, 0) is 36.4 Å². The average Bonchev–Trinajstić information content (AvgIpc) is 2.70. The van der Waals surface area contributed by atoms with Gasteiger partial charge >= 0.3 is 7.67 Å². The molecule has 0 radical (unpaired) electrons. The highest BCUT2D eigenvalue weighted by atomic mass is 35.5. The number of hydrogen-bond acceptors (Lipinski definition) is 5. The normalized spacial score (nSPS) is 18.2. The predicted molar refractivity (Wildman–Crippen MR) is 112 cm³/mol. The molecule has 0 bridgehead atoms. The first-order chi connectivity index (χ1) is 13.9. The molecular weight excluding hydrogens is 440 g/mol. The number of carbonyl (C=O) groups is 1. The summed E-state index contributed by atoms with van der Waals surface area (Å²) in [6, 6.07) is 8.77. The topological polar surface area (TPSA) is 111 Å². The molecule has 8 nitrogen and oxygen atoms in total. The third-order valence-electron chi connectivity index (χ3n) is 4.30. The molecule has 1 amide bonds. The molecule has 0 fully saturated rings. The summed E-state index contributed by atoms with van der Waals surface area (Å²) in [6.07, 6.45) is 0. The average molecular weight is 460 g/mol. The zero-order chi connectivity index (χ0) is 21.0. The second-order valence-electron chi connectivity index (χ2n) is 6.26. The highest BCUT2D eigenvalue weighted by molar-refractivity contribution is 7.54. The number of fused-ring (bicyclic) bond motifs is 1. The number of benzene rings is 2. The molecule has 4 N–H and O–H groups in total. The van der Waals surface area contributed by atoms with Gasteiger partial charge in [0.25, 0.3) is 5.91 Å². The van der Waals surface area contributed by atoms with Gasteiger partial charge in [-0.25, -0.2) is 14.3 Å². The third kappa shape index (κ3) is 4.97. The molecule has 0 aliphatic carbocycles. The summed E-state index contributed by atoms with van der Waals surface area (Å²) in [5.74, 6) is -0.115. The zero-order valence-electron chi connectivity index (χ0n) is 15.3. The Morgan fingerprint density at radius 1 is 1.14 bits per heavy atom. The number of anilines is 1. The largest absolute Gasteiger partial charge is 0.504 e. The summed E-state index contributed by atoms with van der Waals surface area (Å²) >= 11 is 11.6. The molecule has 1 aliphatic rings. The van der Waals surface area contributed by atoms with Crippen molar-refractivity contribution in [2.75, 3.05) is 30.2 Å². The van der Waals surface area contributed by atoms with Gasteiger partial charge in [0.1, 0.15) is 5.75 Å². The molecule has 11 heteroatoms. The smallest absolute Gasteiger partial charge is 0.393 e. The summed E-state index contributed by atoms with van der Waals surface area (Å²) in [4.78, 5) is 12.4. The Labute approximate surface area is 177 Å². The van der Waals surface area contributed by atoms with Crippen LogP contribution in [0.2, 0.25) is 0 Å². The molecule has 3 rings (SSSR count). The van der Waals surface area contributed by atoms with E-state index in [2.05, 4.69) is 10.4 Å². The summed E-state index contributed by atoms with van der Waals surface area (Å²) in [7, 11) is -3.31. The van der Waals surface area contributed by atoms with E-state index in [4.69, 9.17) is 27.7 Å². The van der Waals surface area contributed by atoms with Crippen molar-refractivity contribution < 1.29 is 24.1 Å². The molecule has 0 spiro atoms. The lowest BCUT2D eigenvalue weighted by atomic mass is 10.1. The minimum atomic E-state index is -3.31. The van der Waals surface area contributed by atoms with E-state index in [0.29, 0.717) is 24.5 Å². The number of nitrogens with one attached hydrogen (secondary N) is 2. The maximum atomic E-state index is 13.1. The quantitative estimate of drug-likeness (QED) is 0.283. The summed E-state index contributed by atoms with van der Waals surface area (Å²) in [6.45, 7) is 1.00. The van der Waals surface area contributed by atoms with Crippen LogP contribution in [0.25, 0.3) is 0 Å². The molecule has 0 aromatic heterocycles. The first kappa shape index (κ1) is 21.7. The zero-order valence-corrected chi connectivity index (χ0v) is 17.7. The van der Waals surface area contributed by atoms with E-state index in [1.807, 2.05) is 0 Å². The third-order valence-corrected chi connectivity index (χ3v) is 6.79. The van der Waals surface area contributed by atoms with Gasteiger partial charge in [0, 0.05) is 48.2 Å². The molecule has 0 saturated heterocycles.